The molecular weight excluding hydrogens is 234 g/mol. The molecule has 1 unspecified atom stereocenters. The fourth-order valence-corrected chi connectivity index (χ4v) is 2.36. The number of carboxylic acids is 1. The molecule has 0 saturated heterocycles. The van der Waals surface area contributed by atoms with Gasteiger partial charge in [-0.1, -0.05) is 29.8 Å². The highest BCUT2D eigenvalue weighted by molar-refractivity contribution is 7.98. The third-order valence-electron chi connectivity index (χ3n) is 2.48. The van der Waals surface area contributed by atoms with Crippen molar-refractivity contribution in [3.8, 4) is 0 Å². The quantitative estimate of drug-likeness (QED) is 0.578. The first-order valence-electron chi connectivity index (χ1n) is 5.50. The maximum absolute atomic E-state index is 10.7. The van der Waals surface area contributed by atoms with E-state index in [4.69, 9.17) is 10.5 Å². The average Bonchev–Trinajstić information content (AvgIpc) is 2.31. The van der Waals surface area contributed by atoms with Crippen molar-refractivity contribution >= 4 is 23.9 Å². The van der Waals surface area contributed by atoms with Crippen LogP contribution in [0.2, 0.25) is 0 Å². The van der Waals surface area contributed by atoms with Crippen molar-refractivity contribution in [2.45, 2.75) is 19.1 Å². The molecule has 0 aliphatic carbocycles. The number of carbonyl (C=O) groups is 1. The molecule has 0 aromatic heterocycles. The minimum atomic E-state index is -0.907. The Bertz CT molecular complexity index is 376. The van der Waals surface area contributed by atoms with Crippen molar-refractivity contribution in [3.63, 3.8) is 0 Å². The Morgan fingerprint density at radius 3 is 2.65 bits per heavy atom. The van der Waals surface area contributed by atoms with E-state index >= 15 is 0 Å². The second-order valence-electron chi connectivity index (χ2n) is 3.94. The molecule has 0 fully saturated rings. The number of nitrogens with one attached hydrogen (secondary N) is 1. The molecule has 0 bridgehead atoms. The first kappa shape index (κ1) is 13.8. The van der Waals surface area contributed by atoms with Gasteiger partial charge in [0.2, 0.25) is 0 Å². The molecular formula is C13H17NO2S. The summed E-state index contributed by atoms with van der Waals surface area (Å²) < 4.78 is 0. The molecule has 2 N–H and O–H groups in total. The summed E-state index contributed by atoms with van der Waals surface area (Å²) in [4.78, 5) is 10.7. The highest BCUT2D eigenvalue weighted by Gasteiger charge is 2.13. The van der Waals surface area contributed by atoms with Gasteiger partial charge >= 0.3 is 5.97 Å². The van der Waals surface area contributed by atoms with Crippen LogP contribution in [0.3, 0.4) is 0 Å². The lowest BCUT2D eigenvalue weighted by molar-refractivity contribution is -0.139. The van der Waals surface area contributed by atoms with Crippen LogP contribution in [0.25, 0.3) is 0 Å². The van der Waals surface area contributed by atoms with E-state index in [-0.39, 0.29) is 0 Å². The van der Waals surface area contributed by atoms with E-state index in [0.29, 0.717) is 6.42 Å². The Morgan fingerprint density at radius 1 is 1.47 bits per heavy atom. The number of aliphatic carboxylic acids is 1. The SMILES string of the molecule is Cc1ccc(CSCCC(C=N)C(=O)O)cc1. The minimum Gasteiger partial charge on any atom is -0.481 e. The number of hydrogen-bond acceptors (Lipinski definition) is 3. The number of carboxylic acid groups (broad SMARTS) is 1. The molecule has 0 aliphatic rings. The highest BCUT2D eigenvalue weighted by atomic mass is 32.2. The number of benzene rings is 1. The van der Waals surface area contributed by atoms with Gasteiger partial charge in [-0.2, -0.15) is 11.8 Å². The molecule has 1 aromatic carbocycles. The van der Waals surface area contributed by atoms with Crippen molar-refractivity contribution in [1.29, 1.82) is 5.41 Å². The summed E-state index contributed by atoms with van der Waals surface area (Å²) in [5.74, 6) is 0.113. The van der Waals surface area contributed by atoms with E-state index < -0.39 is 11.9 Å². The van der Waals surface area contributed by atoms with E-state index in [1.807, 2.05) is 0 Å². The Labute approximate surface area is 106 Å². The first-order chi connectivity index (χ1) is 8.13. The molecule has 1 rings (SSSR count). The molecule has 0 heterocycles. The van der Waals surface area contributed by atoms with E-state index in [0.717, 1.165) is 17.7 Å². The largest absolute Gasteiger partial charge is 0.481 e. The molecule has 4 heteroatoms. The summed E-state index contributed by atoms with van der Waals surface area (Å²) in [5, 5.41) is 15.8. The van der Waals surface area contributed by atoms with Crippen molar-refractivity contribution in [2.75, 3.05) is 5.75 Å². The van der Waals surface area contributed by atoms with Crippen molar-refractivity contribution in [1.82, 2.24) is 0 Å². The smallest absolute Gasteiger partial charge is 0.311 e. The van der Waals surface area contributed by atoms with Gasteiger partial charge in [0.15, 0.2) is 0 Å². The summed E-state index contributed by atoms with van der Waals surface area (Å²) in [6.07, 6.45) is 1.53. The van der Waals surface area contributed by atoms with Crippen molar-refractivity contribution in [2.24, 2.45) is 5.92 Å². The molecule has 3 nitrogen and oxygen atoms in total. The lowest BCUT2D eigenvalue weighted by Gasteiger charge is -2.06. The molecule has 1 atom stereocenters. The van der Waals surface area contributed by atoms with Crippen LogP contribution in [0.5, 0.6) is 0 Å². The fraction of sp³-hybridized carbons (Fsp3) is 0.385. The Morgan fingerprint density at radius 2 is 2.12 bits per heavy atom. The highest BCUT2D eigenvalue weighted by Crippen LogP contribution is 2.15. The van der Waals surface area contributed by atoms with Gasteiger partial charge in [0.25, 0.3) is 0 Å². The molecule has 1 aromatic rings. The molecule has 0 radical (unpaired) electrons. The van der Waals surface area contributed by atoms with Gasteiger partial charge < -0.3 is 10.5 Å². The first-order valence-corrected chi connectivity index (χ1v) is 6.65. The maximum atomic E-state index is 10.7. The zero-order valence-electron chi connectivity index (χ0n) is 9.85. The summed E-state index contributed by atoms with van der Waals surface area (Å²) in [7, 11) is 0. The standard InChI is InChI=1S/C13H17NO2S/c1-10-2-4-11(5-3-10)9-17-7-6-12(8-14)13(15)16/h2-5,8,12,14H,6-7,9H2,1H3,(H,15,16). The second kappa shape index (κ2) is 7.12. The minimum absolute atomic E-state index is 0.523. The number of rotatable bonds is 7. The van der Waals surface area contributed by atoms with Crippen LogP contribution in [0.1, 0.15) is 17.5 Å². The van der Waals surface area contributed by atoms with Gasteiger partial charge in [-0.15, -0.1) is 0 Å². The zero-order chi connectivity index (χ0) is 12.7. The second-order valence-corrected chi connectivity index (χ2v) is 5.04. The van der Waals surface area contributed by atoms with Crippen LogP contribution in [-0.2, 0) is 10.5 Å². The van der Waals surface area contributed by atoms with E-state index in [2.05, 4.69) is 31.2 Å². The normalized spacial score (nSPS) is 12.1. The van der Waals surface area contributed by atoms with Gasteiger partial charge in [-0.3, -0.25) is 4.79 Å². The third kappa shape index (κ3) is 5.04. The summed E-state index contributed by atoms with van der Waals surface area (Å²) in [6.45, 7) is 2.05. The van der Waals surface area contributed by atoms with E-state index in [1.165, 1.54) is 11.1 Å². The monoisotopic (exact) mass is 251 g/mol. The van der Waals surface area contributed by atoms with Crippen LogP contribution in [-0.4, -0.2) is 23.0 Å². The van der Waals surface area contributed by atoms with Crippen LogP contribution >= 0.6 is 11.8 Å². The Balaban J connectivity index is 2.26. The molecule has 92 valence electrons. The Hall–Kier alpha value is -1.29. The third-order valence-corrected chi connectivity index (χ3v) is 3.54. The topological polar surface area (TPSA) is 61.2 Å². The molecule has 17 heavy (non-hydrogen) atoms. The van der Waals surface area contributed by atoms with Gasteiger partial charge in [-0.25, -0.2) is 0 Å². The lowest BCUT2D eigenvalue weighted by Crippen LogP contribution is -2.15. The van der Waals surface area contributed by atoms with Crippen LogP contribution in [0, 0.1) is 18.3 Å². The average molecular weight is 251 g/mol. The molecule has 0 amide bonds. The van der Waals surface area contributed by atoms with Gasteiger partial charge in [-0.05, 0) is 24.7 Å². The molecule has 0 saturated carbocycles. The number of hydrogen-bond donors (Lipinski definition) is 2. The Kier molecular flexibility index (Phi) is 5.77. The fourth-order valence-electron chi connectivity index (χ4n) is 1.36. The van der Waals surface area contributed by atoms with Crippen molar-refractivity contribution in [3.05, 3.63) is 35.4 Å². The summed E-state index contributed by atoms with van der Waals surface area (Å²) in [6, 6.07) is 8.34. The summed E-state index contributed by atoms with van der Waals surface area (Å²) in [5.41, 5.74) is 2.50. The number of aryl methyl sites for hydroxylation is 1. The number of thioether (sulfide) groups is 1. The van der Waals surface area contributed by atoms with E-state index in [9.17, 15) is 4.79 Å². The zero-order valence-corrected chi connectivity index (χ0v) is 10.7. The van der Waals surface area contributed by atoms with Crippen molar-refractivity contribution < 1.29 is 9.90 Å². The summed E-state index contributed by atoms with van der Waals surface area (Å²) >= 11 is 1.71. The lowest BCUT2D eigenvalue weighted by atomic mass is 10.1. The predicted octanol–water partition coefficient (Wildman–Crippen LogP) is 2.97. The van der Waals surface area contributed by atoms with Crippen LogP contribution in [0.15, 0.2) is 24.3 Å². The van der Waals surface area contributed by atoms with Crippen LogP contribution < -0.4 is 0 Å². The molecule has 0 spiro atoms. The van der Waals surface area contributed by atoms with E-state index in [1.54, 1.807) is 11.8 Å². The van der Waals surface area contributed by atoms with Crippen LogP contribution in [0.4, 0.5) is 0 Å². The van der Waals surface area contributed by atoms with Gasteiger partial charge in [0, 0.05) is 12.0 Å². The predicted molar refractivity (Wildman–Crippen MR) is 71.9 cm³/mol. The van der Waals surface area contributed by atoms with Gasteiger partial charge in [0.05, 0.1) is 5.92 Å². The molecule has 0 aliphatic heterocycles. The van der Waals surface area contributed by atoms with Gasteiger partial charge in [0.1, 0.15) is 0 Å². The maximum Gasteiger partial charge on any atom is 0.311 e.